The smallest absolute Gasteiger partial charge is 0.178 e. The van der Waals surface area contributed by atoms with Crippen LogP contribution in [0.2, 0.25) is 0 Å². The van der Waals surface area contributed by atoms with E-state index in [9.17, 15) is 16.8 Å². The Labute approximate surface area is 181 Å². The molecule has 1 aliphatic carbocycles. The summed E-state index contributed by atoms with van der Waals surface area (Å²) in [6.07, 6.45) is 1.47. The molecule has 0 spiro atoms. The highest BCUT2D eigenvalue weighted by Crippen LogP contribution is 2.40. The Morgan fingerprint density at radius 2 is 0.933 bits per heavy atom. The van der Waals surface area contributed by atoms with Crippen molar-refractivity contribution in [2.75, 3.05) is 11.5 Å². The van der Waals surface area contributed by atoms with Crippen molar-refractivity contribution in [3.8, 4) is 0 Å². The summed E-state index contributed by atoms with van der Waals surface area (Å²) in [6, 6.07) is 13.8. The third-order valence-corrected chi connectivity index (χ3v) is 10.3. The minimum absolute atomic E-state index is 0.00120. The number of hydrogen-bond donors (Lipinski definition) is 0. The molecule has 2 aromatic carbocycles. The summed E-state index contributed by atoms with van der Waals surface area (Å²) in [4.78, 5) is 0.638. The van der Waals surface area contributed by atoms with Crippen LogP contribution in [0.25, 0.3) is 0 Å². The highest BCUT2D eigenvalue weighted by atomic mass is 32.2. The van der Waals surface area contributed by atoms with E-state index in [1.165, 1.54) is 0 Å². The Morgan fingerprint density at radius 3 is 1.23 bits per heavy atom. The van der Waals surface area contributed by atoms with Crippen LogP contribution in [0.15, 0.2) is 58.3 Å². The molecule has 0 N–H and O–H groups in total. The van der Waals surface area contributed by atoms with E-state index in [0.29, 0.717) is 21.6 Å². The standard InChI is InChI=1S/C24H32O4S2/c1-17-5-9-23(10-6-17)29(25,26)15-21-13-19(3)20(4)14-22(21)16-30(27,28)24-11-7-18(2)8-12-24/h5-12,19-22H,13-16H2,1-4H3. The van der Waals surface area contributed by atoms with Crippen LogP contribution in [0.3, 0.4) is 0 Å². The van der Waals surface area contributed by atoms with Crippen molar-refractivity contribution in [2.24, 2.45) is 23.7 Å². The summed E-state index contributed by atoms with van der Waals surface area (Å²) in [5, 5.41) is 0. The van der Waals surface area contributed by atoms with Gasteiger partial charge in [0.2, 0.25) is 0 Å². The molecular weight excluding hydrogens is 416 g/mol. The topological polar surface area (TPSA) is 68.3 Å². The van der Waals surface area contributed by atoms with Gasteiger partial charge in [-0.25, -0.2) is 16.8 Å². The lowest BCUT2D eigenvalue weighted by Gasteiger charge is -2.38. The minimum atomic E-state index is -3.47. The number of hydrogen-bond acceptors (Lipinski definition) is 4. The van der Waals surface area contributed by atoms with Crippen molar-refractivity contribution < 1.29 is 16.8 Å². The van der Waals surface area contributed by atoms with E-state index in [-0.39, 0.29) is 23.3 Å². The predicted octanol–water partition coefficient (Wildman–Crippen LogP) is 4.85. The average molecular weight is 449 g/mol. The Morgan fingerprint density at radius 1 is 0.633 bits per heavy atom. The SMILES string of the molecule is Cc1ccc(S(=O)(=O)CC2CC(C)C(C)CC2CS(=O)(=O)c2ccc(C)cc2)cc1. The fourth-order valence-corrected chi connectivity index (χ4v) is 7.89. The van der Waals surface area contributed by atoms with Crippen LogP contribution in [0, 0.1) is 37.5 Å². The minimum Gasteiger partial charge on any atom is -0.224 e. The maximum Gasteiger partial charge on any atom is 0.178 e. The third kappa shape index (κ3) is 5.33. The van der Waals surface area contributed by atoms with E-state index in [0.717, 1.165) is 24.0 Å². The average Bonchev–Trinajstić information content (AvgIpc) is 2.66. The second-order valence-electron chi connectivity index (χ2n) is 9.14. The molecule has 2 aromatic rings. The zero-order chi connectivity index (χ0) is 22.1. The van der Waals surface area contributed by atoms with Gasteiger partial charge in [0, 0.05) is 0 Å². The first-order chi connectivity index (χ1) is 14.0. The van der Waals surface area contributed by atoms with E-state index in [2.05, 4.69) is 13.8 Å². The van der Waals surface area contributed by atoms with Gasteiger partial charge in [0.1, 0.15) is 0 Å². The third-order valence-electron chi connectivity index (χ3n) is 6.61. The zero-order valence-electron chi connectivity index (χ0n) is 18.2. The first-order valence-electron chi connectivity index (χ1n) is 10.6. The van der Waals surface area contributed by atoms with Gasteiger partial charge in [0.05, 0.1) is 21.3 Å². The molecule has 0 bridgehead atoms. The van der Waals surface area contributed by atoms with Crippen molar-refractivity contribution in [1.29, 1.82) is 0 Å². The van der Waals surface area contributed by atoms with Gasteiger partial charge in [-0.3, -0.25) is 0 Å². The summed E-state index contributed by atoms with van der Waals surface area (Å²) >= 11 is 0. The molecule has 3 rings (SSSR count). The van der Waals surface area contributed by atoms with Gasteiger partial charge in [0.25, 0.3) is 0 Å². The summed E-state index contributed by atoms with van der Waals surface area (Å²) in [6.45, 7) is 8.13. The number of sulfone groups is 2. The van der Waals surface area contributed by atoms with E-state index in [4.69, 9.17) is 0 Å². The quantitative estimate of drug-likeness (QED) is 0.633. The summed E-state index contributed by atoms with van der Waals surface area (Å²) in [5.41, 5.74) is 2.02. The molecule has 1 saturated carbocycles. The molecule has 164 valence electrons. The molecule has 4 nitrogen and oxygen atoms in total. The molecule has 1 aliphatic rings. The summed E-state index contributed by atoms with van der Waals surface area (Å²) < 4.78 is 52.3. The van der Waals surface area contributed by atoms with Crippen LogP contribution in [-0.2, 0) is 19.7 Å². The second-order valence-corrected chi connectivity index (χ2v) is 13.2. The molecule has 0 heterocycles. The number of benzene rings is 2. The molecule has 0 radical (unpaired) electrons. The lowest BCUT2D eigenvalue weighted by atomic mass is 9.71. The molecule has 6 heteroatoms. The van der Waals surface area contributed by atoms with Crippen molar-refractivity contribution >= 4 is 19.7 Å². The van der Waals surface area contributed by atoms with Gasteiger partial charge in [-0.15, -0.1) is 0 Å². The maximum absolute atomic E-state index is 13.1. The van der Waals surface area contributed by atoms with Crippen LogP contribution in [0.5, 0.6) is 0 Å². The highest BCUT2D eigenvalue weighted by molar-refractivity contribution is 7.91. The molecule has 0 aliphatic heterocycles. The number of aryl methyl sites for hydroxylation is 2. The monoisotopic (exact) mass is 448 g/mol. The largest absolute Gasteiger partial charge is 0.224 e. The van der Waals surface area contributed by atoms with Gasteiger partial charge >= 0.3 is 0 Å². The Hall–Kier alpha value is -1.66. The van der Waals surface area contributed by atoms with E-state index in [1.54, 1.807) is 48.5 Å². The zero-order valence-corrected chi connectivity index (χ0v) is 19.8. The van der Waals surface area contributed by atoms with E-state index in [1.807, 2.05) is 13.8 Å². The summed E-state index contributed by atoms with van der Waals surface area (Å²) in [5.74, 6) is 0.427. The van der Waals surface area contributed by atoms with Crippen LogP contribution in [0.4, 0.5) is 0 Å². The Kier molecular flexibility index (Phi) is 6.78. The highest BCUT2D eigenvalue weighted by Gasteiger charge is 2.38. The lowest BCUT2D eigenvalue weighted by Crippen LogP contribution is -2.37. The van der Waals surface area contributed by atoms with Crippen LogP contribution in [-0.4, -0.2) is 28.3 Å². The van der Waals surface area contributed by atoms with Crippen LogP contribution >= 0.6 is 0 Å². The molecular formula is C24H32O4S2. The summed E-state index contributed by atoms with van der Waals surface area (Å²) in [7, 11) is -6.94. The van der Waals surface area contributed by atoms with Crippen molar-refractivity contribution in [3.63, 3.8) is 0 Å². The van der Waals surface area contributed by atoms with Gasteiger partial charge in [-0.2, -0.15) is 0 Å². The Bertz CT molecular complexity index is 980. The van der Waals surface area contributed by atoms with Crippen LogP contribution < -0.4 is 0 Å². The molecule has 4 unspecified atom stereocenters. The predicted molar refractivity (Wildman–Crippen MR) is 121 cm³/mol. The van der Waals surface area contributed by atoms with Gasteiger partial charge < -0.3 is 0 Å². The first-order valence-corrected chi connectivity index (χ1v) is 13.9. The van der Waals surface area contributed by atoms with Crippen molar-refractivity contribution in [1.82, 2.24) is 0 Å². The van der Waals surface area contributed by atoms with Crippen molar-refractivity contribution in [3.05, 3.63) is 59.7 Å². The molecule has 0 saturated heterocycles. The molecule has 30 heavy (non-hydrogen) atoms. The fraction of sp³-hybridized carbons (Fsp3) is 0.500. The molecule has 0 amide bonds. The molecule has 4 atom stereocenters. The maximum atomic E-state index is 13.1. The second kappa shape index (κ2) is 8.83. The lowest BCUT2D eigenvalue weighted by molar-refractivity contribution is 0.160. The van der Waals surface area contributed by atoms with Gasteiger partial charge in [-0.1, -0.05) is 49.2 Å². The van der Waals surface area contributed by atoms with Crippen molar-refractivity contribution in [2.45, 2.75) is 50.3 Å². The Balaban J connectivity index is 1.85. The fourth-order valence-electron chi connectivity index (χ4n) is 4.46. The van der Waals surface area contributed by atoms with Crippen LogP contribution in [0.1, 0.15) is 37.8 Å². The van der Waals surface area contributed by atoms with E-state index >= 15 is 0 Å². The molecule has 0 aromatic heterocycles. The van der Waals surface area contributed by atoms with E-state index < -0.39 is 19.7 Å². The number of rotatable bonds is 6. The first kappa shape index (κ1) is 23.0. The molecule has 1 fully saturated rings. The van der Waals surface area contributed by atoms with Gasteiger partial charge in [-0.05, 0) is 74.6 Å². The van der Waals surface area contributed by atoms with Gasteiger partial charge in [0.15, 0.2) is 19.7 Å². The normalized spacial score (nSPS) is 25.2.